The number of anilines is 2. The molecule has 2 aromatic carbocycles. The lowest BCUT2D eigenvalue weighted by Gasteiger charge is -2.16. The van der Waals surface area contributed by atoms with Crippen molar-refractivity contribution >= 4 is 23.2 Å². The summed E-state index contributed by atoms with van der Waals surface area (Å²) in [6.07, 6.45) is 2.45. The van der Waals surface area contributed by atoms with Gasteiger partial charge in [-0.3, -0.25) is 9.59 Å². The van der Waals surface area contributed by atoms with Crippen molar-refractivity contribution in [2.75, 3.05) is 23.6 Å². The molecule has 0 atom stereocenters. The maximum Gasteiger partial charge on any atom is 0.231 e. The van der Waals surface area contributed by atoms with Crippen LogP contribution in [0.25, 0.3) is 0 Å². The molecule has 1 saturated heterocycles. The minimum absolute atomic E-state index is 0.0624. The number of hydrogen-bond donors (Lipinski definition) is 1. The van der Waals surface area contributed by atoms with Crippen molar-refractivity contribution < 1.29 is 19.1 Å². The molecule has 1 fully saturated rings. The molecule has 0 aromatic heterocycles. The Kier molecular flexibility index (Phi) is 4.48. The number of ether oxygens (including phenoxy) is 2. The standard InChI is InChI=1S/C20H20N2O4/c23-19(9-7-14-6-8-17-18(11-14)26-13-25-17)21-15-3-1-4-16(12-15)22-10-2-5-20(22)24/h1,3-4,6,8,11-12H,2,5,7,9-10,13H2,(H,21,23). The number of nitrogens with zero attached hydrogens (tertiary/aromatic N) is 1. The molecule has 26 heavy (non-hydrogen) atoms. The first-order valence-corrected chi connectivity index (χ1v) is 8.78. The summed E-state index contributed by atoms with van der Waals surface area (Å²) >= 11 is 0. The Morgan fingerprint density at radius 2 is 2.00 bits per heavy atom. The Balaban J connectivity index is 1.35. The predicted octanol–water partition coefficient (Wildman–Crippen LogP) is 3.11. The van der Waals surface area contributed by atoms with Crippen LogP contribution in [0.3, 0.4) is 0 Å². The zero-order chi connectivity index (χ0) is 17.9. The average Bonchev–Trinajstić information content (AvgIpc) is 3.28. The first-order valence-electron chi connectivity index (χ1n) is 8.78. The van der Waals surface area contributed by atoms with Crippen molar-refractivity contribution in [2.24, 2.45) is 0 Å². The van der Waals surface area contributed by atoms with E-state index in [0.717, 1.165) is 35.7 Å². The van der Waals surface area contributed by atoms with Crippen molar-refractivity contribution in [3.63, 3.8) is 0 Å². The topological polar surface area (TPSA) is 67.9 Å². The monoisotopic (exact) mass is 352 g/mol. The second-order valence-electron chi connectivity index (χ2n) is 6.44. The van der Waals surface area contributed by atoms with Gasteiger partial charge in [0.1, 0.15) is 0 Å². The molecule has 6 heteroatoms. The molecule has 0 unspecified atom stereocenters. The Morgan fingerprint density at radius 1 is 1.12 bits per heavy atom. The minimum atomic E-state index is -0.0624. The van der Waals surface area contributed by atoms with Crippen LogP contribution in [0.15, 0.2) is 42.5 Å². The quantitative estimate of drug-likeness (QED) is 0.898. The fourth-order valence-corrected chi connectivity index (χ4v) is 3.25. The zero-order valence-electron chi connectivity index (χ0n) is 14.4. The highest BCUT2D eigenvalue weighted by Crippen LogP contribution is 2.32. The Morgan fingerprint density at radius 3 is 2.85 bits per heavy atom. The van der Waals surface area contributed by atoms with Gasteiger partial charge in [0.05, 0.1) is 0 Å². The summed E-state index contributed by atoms with van der Waals surface area (Å²) in [5, 5.41) is 2.91. The number of carbonyl (C=O) groups is 2. The normalized spacial score (nSPS) is 15.4. The number of benzene rings is 2. The van der Waals surface area contributed by atoms with Gasteiger partial charge in [-0.25, -0.2) is 0 Å². The molecule has 2 heterocycles. The first-order chi connectivity index (χ1) is 12.7. The highest BCUT2D eigenvalue weighted by atomic mass is 16.7. The average molecular weight is 352 g/mol. The lowest BCUT2D eigenvalue weighted by Crippen LogP contribution is -2.23. The molecule has 6 nitrogen and oxygen atoms in total. The number of fused-ring (bicyclic) bond motifs is 1. The van der Waals surface area contributed by atoms with Gasteiger partial charge in [-0.15, -0.1) is 0 Å². The van der Waals surface area contributed by atoms with Gasteiger partial charge in [-0.05, 0) is 48.7 Å². The van der Waals surface area contributed by atoms with Crippen LogP contribution in [0, 0.1) is 0 Å². The van der Waals surface area contributed by atoms with E-state index >= 15 is 0 Å². The number of aryl methyl sites for hydroxylation is 1. The largest absolute Gasteiger partial charge is 0.454 e. The molecule has 134 valence electrons. The van der Waals surface area contributed by atoms with Gasteiger partial charge in [-0.1, -0.05) is 12.1 Å². The van der Waals surface area contributed by atoms with E-state index in [1.807, 2.05) is 42.5 Å². The molecule has 2 aliphatic heterocycles. The third-order valence-electron chi connectivity index (χ3n) is 4.59. The highest BCUT2D eigenvalue weighted by molar-refractivity contribution is 5.97. The predicted molar refractivity (Wildman–Crippen MR) is 97.5 cm³/mol. The molecule has 2 aliphatic rings. The highest BCUT2D eigenvalue weighted by Gasteiger charge is 2.21. The molecule has 0 aliphatic carbocycles. The van der Waals surface area contributed by atoms with Crippen molar-refractivity contribution in [1.29, 1.82) is 0 Å². The summed E-state index contributed by atoms with van der Waals surface area (Å²) in [6, 6.07) is 13.2. The van der Waals surface area contributed by atoms with E-state index in [-0.39, 0.29) is 18.6 Å². The van der Waals surface area contributed by atoms with Crippen LogP contribution in [-0.4, -0.2) is 25.2 Å². The third kappa shape index (κ3) is 3.49. The van der Waals surface area contributed by atoms with E-state index in [4.69, 9.17) is 9.47 Å². The molecule has 0 spiro atoms. The van der Waals surface area contributed by atoms with E-state index in [1.165, 1.54) is 0 Å². The lowest BCUT2D eigenvalue weighted by atomic mass is 10.1. The van der Waals surface area contributed by atoms with Gasteiger partial charge in [0.25, 0.3) is 0 Å². The molecular formula is C20H20N2O4. The van der Waals surface area contributed by atoms with E-state index in [9.17, 15) is 9.59 Å². The van der Waals surface area contributed by atoms with Crippen molar-refractivity contribution in [2.45, 2.75) is 25.7 Å². The van der Waals surface area contributed by atoms with E-state index in [1.54, 1.807) is 4.90 Å². The van der Waals surface area contributed by atoms with Crippen molar-refractivity contribution in [3.8, 4) is 11.5 Å². The minimum Gasteiger partial charge on any atom is -0.454 e. The fourth-order valence-electron chi connectivity index (χ4n) is 3.25. The second-order valence-corrected chi connectivity index (χ2v) is 6.44. The van der Waals surface area contributed by atoms with Crippen LogP contribution in [0.4, 0.5) is 11.4 Å². The first kappa shape index (κ1) is 16.4. The Hall–Kier alpha value is -3.02. The van der Waals surface area contributed by atoms with Crippen LogP contribution in [-0.2, 0) is 16.0 Å². The molecule has 1 N–H and O–H groups in total. The summed E-state index contributed by atoms with van der Waals surface area (Å²) in [7, 11) is 0. The number of amides is 2. The smallest absolute Gasteiger partial charge is 0.231 e. The number of nitrogens with one attached hydrogen (secondary N) is 1. The zero-order valence-corrected chi connectivity index (χ0v) is 14.4. The second kappa shape index (κ2) is 7.07. The number of carbonyl (C=O) groups excluding carboxylic acids is 2. The van der Waals surface area contributed by atoms with Crippen molar-refractivity contribution in [3.05, 3.63) is 48.0 Å². The summed E-state index contributed by atoms with van der Waals surface area (Å²) in [6.45, 7) is 0.982. The van der Waals surface area contributed by atoms with Gasteiger partial charge >= 0.3 is 0 Å². The third-order valence-corrected chi connectivity index (χ3v) is 4.59. The van der Waals surface area contributed by atoms with Gasteiger partial charge in [0.15, 0.2) is 11.5 Å². The molecular weight excluding hydrogens is 332 g/mol. The number of rotatable bonds is 5. The summed E-state index contributed by atoms with van der Waals surface area (Å²) in [5.41, 5.74) is 2.57. The van der Waals surface area contributed by atoms with Crippen LogP contribution in [0.2, 0.25) is 0 Å². The van der Waals surface area contributed by atoms with E-state index in [0.29, 0.717) is 24.9 Å². The van der Waals surface area contributed by atoms with Crippen molar-refractivity contribution in [1.82, 2.24) is 0 Å². The Labute approximate surface area is 151 Å². The van der Waals surface area contributed by atoms with Crippen LogP contribution >= 0.6 is 0 Å². The summed E-state index contributed by atoms with van der Waals surface area (Å²) in [4.78, 5) is 25.9. The maximum absolute atomic E-state index is 12.3. The number of hydrogen-bond acceptors (Lipinski definition) is 4. The van der Waals surface area contributed by atoms with Gasteiger partial charge in [0.2, 0.25) is 18.6 Å². The molecule has 0 saturated carbocycles. The molecule has 0 bridgehead atoms. The summed E-state index contributed by atoms with van der Waals surface area (Å²) < 4.78 is 10.6. The van der Waals surface area contributed by atoms with E-state index < -0.39 is 0 Å². The van der Waals surface area contributed by atoms with E-state index in [2.05, 4.69) is 5.32 Å². The summed E-state index contributed by atoms with van der Waals surface area (Å²) in [5.74, 6) is 1.54. The Bertz CT molecular complexity index is 849. The van der Waals surface area contributed by atoms with Gasteiger partial charge < -0.3 is 19.7 Å². The van der Waals surface area contributed by atoms with Crippen LogP contribution < -0.4 is 19.7 Å². The van der Waals surface area contributed by atoms with Gasteiger partial charge in [-0.2, -0.15) is 0 Å². The molecule has 0 radical (unpaired) electrons. The van der Waals surface area contributed by atoms with Crippen LogP contribution in [0.1, 0.15) is 24.8 Å². The van der Waals surface area contributed by atoms with Crippen LogP contribution in [0.5, 0.6) is 11.5 Å². The molecule has 2 aromatic rings. The lowest BCUT2D eigenvalue weighted by molar-refractivity contribution is -0.117. The molecule has 4 rings (SSSR count). The molecule has 2 amide bonds. The van der Waals surface area contributed by atoms with Gasteiger partial charge in [0, 0.05) is 30.8 Å². The fraction of sp³-hybridized carbons (Fsp3) is 0.300. The SMILES string of the molecule is O=C(CCc1ccc2c(c1)OCO2)Nc1cccc(N2CCCC2=O)c1. The maximum atomic E-state index is 12.3.